The molecule has 38 heavy (non-hydrogen) atoms. The Morgan fingerprint density at radius 1 is 1.05 bits per heavy atom. The Balaban J connectivity index is 1.84. The van der Waals surface area contributed by atoms with Crippen LogP contribution >= 0.6 is 11.3 Å². The van der Waals surface area contributed by atoms with E-state index >= 15 is 0 Å². The van der Waals surface area contributed by atoms with Crippen LogP contribution in [0.1, 0.15) is 51.5 Å². The number of benzene rings is 2. The van der Waals surface area contributed by atoms with Gasteiger partial charge in [0.25, 0.3) is 0 Å². The first-order valence-electron chi connectivity index (χ1n) is 12.7. The van der Waals surface area contributed by atoms with Crippen LogP contribution in [0.25, 0.3) is 10.8 Å². The van der Waals surface area contributed by atoms with E-state index in [1.54, 1.807) is 27.0 Å². The fraction of sp³-hybridized carbons (Fsp3) is 0.429. The number of rotatable bonds is 10. The SMILES string of the molecule is CCC(C)C(NC(=O)OC(C)(C)C)C(=O)N[C@@H](Cc1cccc2ccccc12)C(=O)NCc1cnc(N)s1. The van der Waals surface area contributed by atoms with Crippen LogP contribution in [-0.4, -0.2) is 40.6 Å². The molecule has 0 radical (unpaired) electrons. The lowest BCUT2D eigenvalue weighted by Crippen LogP contribution is -2.56. The van der Waals surface area contributed by atoms with Gasteiger partial charge in [-0.3, -0.25) is 9.59 Å². The number of nitrogen functional groups attached to an aromatic ring is 1. The molecule has 3 amide bonds. The molecule has 2 unspecified atom stereocenters. The molecular formula is C28H37N5O4S. The van der Waals surface area contributed by atoms with Crippen LogP contribution in [0.2, 0.25) is 0 Å². The van der Waals surface area contributed by atoms with E-state index in [1.165, 1.54) is 11.3 Å². The third kappa shape index (κ3) is 8.17. The summed E-state index contributed by atoms with van der Waals surface area (Å²) in [6, 6.07) is 12.0. The number of hydrogen-bond acceptors (Lipinski definition) is 7. The Labute approximate surface area is 227 Å². The molecule has 1 aromatic heterocycles. The lowest BCUT2D eigenvalue weighted by atomic mass is 9.96. The number of nitrogens with one attached hydrogen (secondary N) is 3. The summed E-state index contributed by atoms with van der Waals surface area (Å²) in [5, 5.41) is 10.9. The van der Waals surface area contributed by atoms with Crippen LogP contribution in [0.4, 0.5) is 9.93 Å². The zero-order valence-corrected chi connectivity index (χ0v) is 23.4. The van der Waals surface area contributed by atoms with Gasteiger partial charge in [0.2, 0.25) is 11.8 Å². The van der Waals surface area contributed by atoms with Gasteiger partial charge in [0.05, 0.1) is 6.54 Å². The molecule has 3 atom stereocenters. The molecule has 0 aliphatic rings. The minimum Gasteiger partial charge on any atom is -0.444 e. The number of nitrogens with two attached hydrogens (primary N) is 1. The zero-order chi connectivity index (χ0) is 27.9. The largest absolute Gasteiger partial charge is 0.444 e. The molecule has 5 N–H and O–H groups in total. The number of aromatic nitrogens is 1. The van der Waals surface area contributed by atoms with Crippen LogP contribution in [0.5, 0.6) is 0 Å². The summed E-state index contributed by atoms with van der Waals surface area (Å²) in [7, 11) is 0. The van der Waals surface area contributed by atoms with Crippen molar-refractivity contribution in [2.45, 2.75) is 71.7 Å². The molecular weight excluding hydrogens is 502 g/mol. The van der Waals surface area contributed by atoms with Crippen molar-refractivity contribution in [3.8, 4) is 0 Å². The number of nitrogens with zero attached hydrogens (tertiary/aromatic N) is 1. The standard InChI is InChI=1S/C28H37N5O4S/c1-6-17(2)23(33-27(36)37-28(3,4)5)25(35)32-22(24(34)30-15-20-16-31-26(29)38-20)14-19-12-9-11-18-10-7-8-13-21(18)19/h7-13,16-17,22-23H,6,14-15H2,1-5H3,(H2,29,31)(H,30,34)(H,32,35)(H,33,36)/t17?,22-,23?/m0/s1. The third-order valence-electron chi connectivity index (χ3n) is 6.11. The predicted molar refractivity (Wildman–Crippen MR) is 151 cm³/mol. The van der Waals surface area contributed by atoms with Crippen molar-refractivity contribution in [1.29, 1.82) is 0 Å². The molecule has 0 saturated carbocycles. The molecule has 204 valence electrons. The van der Waals surface area contributed by atoms with Crippen molar-refractivity contribution in [3.63, 3.8) is 0 Å². The molecule has 0 aliphatic carbocycles. The second-order valence-electron chi connectivity index (χ2n) is 10.3. The molecule has 0 aliphatic heterocycles. The van der Waals surface area contributed by atoms with Gasteiger partial charge in [-0.15, -0.1) is 11.3 Å². The lowest BCUT2D eigenvalue weighted by Gasteiger charge is -2.28. The fourth-order valence-corrected chi connectivity index (χ4v) is 4.62. The van der Waals surface area contributed by atoms with Gasteiger partial charge in [0, 0.05) is 17.5 Å². The van der Waals surface area contributed by atoms with Crippen LogP contribution in [0, 0.1) is 5.92 Å². The van der Waals surface area contributed by atoms with Crippen molar-refractivity contribution >= 4 is 45.1 Å². The summed E-state index contributed by atoms with van der Waals surface area (Å²) >= 11 is 1.29. The molecule has 0 bridgehead atoms. The first kappa shape index (κ1) is 28.9. The van der Waals surface area contributed by atoms with Crippen molar-refractivity contribution in [1.82, 2.24) is 20.9 Å². The number of alkyl carbamates (subject to hydrolysis) is 1. The van der Waals surface area contributed by atoms with Crippen molar-refractivity contribution in [3.05, 3.63) is 59.1 Å². The van der Waals surface area contributed by atoms with Gasteiger partial charge in [-0.1, -0.05) is 62.7 Å². The Bertz CT molecular complexity index is 1260. The Kier molecular flexibility index (Phi) is 9.68. The molecule has 1 heterocycles. The average Bonchev–Trinajstić information content (AvgIpc) is 3.29. The van der Waals surface area contributed by atoms with Gasteiger partial charge in [-0.05, 0) is 43.0 Å². The monoisotopic (exact) mass is 539 g/mol. The summed E-state index contributed by atoms with van der Waals surface area (Å²) in [5.74, 6) is -0.991. The van der Waals surface area contributed by atoms with Crippen LogP contribution in [0.3, 0.4) is 0 Å². The number of ether oxygens (including phenoxy) is 1. The van der Waals surface area contributed by atoms with Crippen molar-refractivity contribution in [2.24, 2.45) is 5.92 Å². The molecule has 0 fully saturated rings. The van der Waals surface area contributed by atoms with E-state index in [2.05, 4.69) is 20.9 Å². The van der Waals surface area contributed by atoms with Gasteiger partial charge >= 0.3 is 6.09 Å². The number of thiazole rings is 1. The number of carbonyl (C=O) groups excluding carboxylic acids is 3. The van der Waals surface area contributed by atoms with E-state index in [1.807, 2.05) is 56.3 Å². The smallest absolute Gasteiger partial charge is 0.408 e. The van der Waals surface area contributed by atoms with Gasteiger partial charge in [-0.25, -0.2) is 9.78 Å². The van der Waals surface area contributed by atoms with Crippen LogP contribution in [-0.2, 0) is 27.3 Å². The quantitative estimate of drug-likeness (QED) is 0.306. The fourth-order valence-electron chi connectivity index (χ4n) is 4.00. The second kappa shape index (κ2) is 12.7. The first-order chi connectivity index (χ1) is 18.0. The van der Waals surface area contributed by atoms with E-state index < -0.39 is 29.7 Å². The number of amides is 3. The van der Waals surface area contributed by atoms with E-state index in [-0.39, 0.29) is 24.8 Å². The molecule has 3 aromatic rings. The highest BCUT2D eigenvalue weighted by molar-refractivity contribution is 7.15. The topological polar surface area (TPSA) is 135 Å². The zero-order valence-electron chi connectivity index (χ0n) is 22.5. The maximum atomic E-state index is 13.5. The van der Waals surface area contributed by atoms with Gasteiger partial charge < -0.3 is 26.4 Å². The van der Waals surface area contributed by atoms with Gasteiger partial charge in [-0.2, -0.15) is 0 Å². The Morgan fingerprint density at radius 2 is 1.76 bits per heavy atom. The maximum Gasteiger partial charge on any atom is 0.408 e. The van der Waals surface area contributed by atoms with Gasteiger partial charge in [0.15, 0.2) is 5.13 Å². The Hall–Kier alpha value is -3.66. The highest BCUT2D eigenvalue weighted by Gasteiger charge is 2.31. The molecule has 3 rings (SSSR count). The Morgan fingerprint density at radius 3 is 2.42 bits per heavy atom. The van der Waals surface area contributed by atoms with Crippen molar-refractivity contribution in [2.75, 3.05) is 5.73 Å². The summed E-state index contributed by atoms with van der Waals surface area (Å²) in [5.41, 5.74) is 5.92. The molecule has 0 spiro atoms. The maximum absolute atomic E-state index is 13.5. The summed E-state index contributed by atoms with van der Waals surface area (Å²) in [6.07, 6.45) is 1.84. The van der Waals surface area contributed by atoms with Gasteiger partial charge in [0.1, 0.15) is 17.7 Å². The number of carbonyl (C=O) groups is 3. The lowest BCUT2D eigenvalue weighted by molar-refractivity contribution is -0.130. The average molecular weight is 540 g/mol. The number of anilines is 1. The normalized spacial score (nSPS) is 13.8. The molecule has 2 aromatic carbocycles. The first-order valence-corrected chi connectivity index (χ1v) is 13.5. The minimum absolute atomic E-state index is 0.191. The second-order valence-corrected chi connectivity index (χ2v) is 11.4. The third-order valence-corrected chi connectivity index (χ3v) is 6.94. The number of fused-ring (bicyclic) bond motifs is 1. The summed E-state index contributed by atoms with van der Waals surface area (Å²) in [6.45, 7) is 9.31. The van der Waals surface area contributed by atoms with E-state index in [0.29, 0.717) is 11.6 Å². The van der Waals surface area contributed by atoms with E-state index in [4.69, 9.17) is 10.5 Å². The highest BCUT2D eigenvalue weighted by Crippen LogP contribution is 2.21. The van der Waals surface area contributed by atoms with Crippen LogP contribution in [0.15, 0.2) is 48.7 Å². The van der Waals surface area contributed by atoms with Crippen molar-refractivity contribution < 1.29 is 19.1 Å². The molecule has 10 heteroatoms. The van der Waals surface area contributed by atoms with Crippen LogP contribution < -0.4 is 21.7 Å². The minimum atomic E-state index is -0.884. The predicted octanol–water partition coefficient (Wildman–Crippen LogP) is 4.16. The summed E-state index contributed by atoms with van der Waals surface area (Å²) < 4.78 is 5.37. The van der Waals surface area contributed by atoms with E-state index in [9.17, 15) is 14.4 Å². The van der Waals surface area contributed by atoms with E-state index in [0.717, 1.165) is 21.2 Å². The highest BCUT2D eigenvalue weighted by atomic mass is 32.1. The molecule has 9 nitrogen and oxygen atoms in total. The number of hydrogen-bond donors (Lipinski definition) is 4. The molecule has 0 saturated heterocycles. The summed E-state index contributed by atoms with van der Waals surface area (Å²) in [4.78, 5) is 44.2.